The largest absolute Gasteiger partial charge is 0.347 e. The highest BCUT2D eigenvalue weighted by Gasteiger charge is 2.24. The lowest BCUT2D eigenvalue weighted by Crippen LogP contribution is -2.41. The molecule has 0 bridgehead atoms. The average Bonchev–Trinajstić information content (AvgIpc) is 3.03. The lowest BCUT2D eigenvalue weighted by molar-refractivity contribution is -0.133. The van der Waals surface area contributed by atoms with Gasteiger partial charge in [0, 0.05) is 19.0 Å². The van der Waals surface area contributed by atoms with Crippen molar-refractivity contribution in [3.8, 4) is 0 Å². The molecular weight excluding hydrogens is 300 g/mol. The fourth-order valence-electron chi connectivity index (χ4n) is 3.22. The minimum absolute atomic E-state index is 0.0344. The first-order valence-corrected chi connectivity index (χ1v) is 9.16. The summed E-state index contributed by atoms with van der Waals surface area (Å²) in [7, 11) is 0. The van der Waals surface area contributed by atoms with Crippen molar-refractivity contribution in [2.24, 2.45) is 0 Å². The quantitative estimate of drug-likeness (QED) is 0.834. The van der Waals surface area contributed by atoms with E-state index < -0.39 is 0 Å². The Bertz CT molecular complexity index is 571. The number of nitrogens with one attached hydrogen (secondary N) is 1. The van der Waals surface area contributed by atoms with Gasteiger partial charge in [-0.2, -0.15) is 0 Å². The smallest absolute Gasteiger partial charge is 0.242 e. The van der Waals surface area contributed by atoms with Crippen LogP contribution in [0.3, 0.4) is 0 Å². The minimum atomic E-state index is -0.0517. The molecule has 1 saturated heterocycles. The first-order valence-electron chi connectivity index (χ1n) is 9.16. The summed E-state index contributed by atoms with van der Waals surface area (Å²) < 4.78 is 0. The van der Waals surface area contributed by atoms with E-state index in [4.69, 9.17) is 0 Å². The Balaban J connectivity index is 1.76. The minimum Gasteiger partial charge on any atom is -0.347 e. The van der Waals surface area contributed by atoms with Gasteiger partial charge >= 0.3 is 0 Å². The van der Waals surface area contributed by atoms with E-state index in [0.717, 1.165) is 25.8 Å². The van der Waals surface area contributed by atoms with Crippen molar-refractivity contribution < 1.29 is 9.59 Å². The molecule has 1 aromatic carbocycles. The highest BCUT2D eigenvalue weighted by molar-refractivity contribution is 5.85. The SMILES string of the molecule is CCC(C)c1cccc(CCC(=O)NCC(=O)N2CCCC2C)c1. The maximum atomic E-state index is 12.1. The van der Waals surface area contributed by atoms with Gasteiger partial charge in [-0.15, -0.1) is 0 Å². The molecule has 2 atom stereocenters. The van der Waals surface area contributed by atoms with Gasteiger partial charge < -0.3 is 10.2 Å². The fourth-order valence-corrected chi connectivity index (χ4v) is 3.22. The standard InChI is InChI=1S/C20H30N2O2/c1-4-15(2)18-9-5-8-17(13-18)10-11-19(23)21-14-20(24)22-12-6-7-16(22)3/h5,8-9,13,15-16H,4,6-7,10-12,14H2,1-3H3,(H,21,23). The molecule has 1 heterocycles. The zero-order valence-electron chi connectivity index (χ0n) is 15.2. The fraction of sp³-hybridized carbons (Fsp3) is 0.600. The first kappa shape index (κ1) is 18.5. The predicted octanol–water partition coefficient (Wildman–Crippen LogP) is 3.26. The van der Waals surface area contributed by atoms with Crippen molar-refractivity contribution in [3.63, 3.8) is 0 Å². The Morgan fingerprint density at radius 1 is 1.38 bits per heavy atom. The normalized spacial score (nSPS) is 18.5. The van der Waals surface area contributed by atoms with Gasteiger partial charge in [0.15, 0.2) is 0 Å². The van der Waals surface area contributed by atoms with Gasteiger partial charge in [-0.05, 0) is 49.7 Å². The number of nitrogens with zero attached hydrogens (tertiary/aromatic N) is 1. The number of likely N-dealkylation sites (tertiary alicyclic amines) is 1. The number of carbonyl (C=O) groups is 2. The van der Waals surface area contributed by atoms with Gasteiger partial charge in [-0.25, -0.2) is 0 Å². The van der Waals surface area contributed by atoms with Crippen molar-refractivity contribution in [3.05, 3.63) is 35.4 Å². The second-order valence-electron chi connectivity index (χ2n) is 6.91. The van der Waals surface area contributed by atoms with Gasteiger partial charge in [0.1, 0.15) is 0 Å². The molecule has 0 aromatic heterocycles. The van der Waals surface area contributed by atoms with Crippen molar-refractivity contribution in [2.75, 3.05) is 13.1 Å². The highest BCUT2D eigenvalue weighted by Crippen LogP contribution is 2.20. The van der Waals surface area contributed by atoms with Crippen LogP contribution in [-0.2, 0) is 16.0 Å². The molecule has 0 spiro atoms. The molecule has 2 amide bonds. The third-order valence-electron chi connectivity index (χ3n) is 5.08. The molecule has 0 aliphatic carbocycles. The summed E-state index contributed by atoms with van der Waals surface area (Å²) in [6, 6.07) is 8.77. The molecule has 1 aliphatic heterocycles. The molecule has 0 saturated carbocycles. The van der Waals surface area contributed by atoms with E-state index in [9.17, 15) is 9.59 Å². The summed E-state index contributed by atoms with van der Waals surface area (Å²) in [5.41, 5.74) is 2.51. The maximum Gasteiger partial charge on any atom is 0.242 e. The second-order valence-corrected chi connectivity index (χ2v) is 6.91. The average molecular weight is 330 g/mol. The maximum absolute atomic E-state index is 12.1. The number of benzene rings is 1. The Kier molecular flexibility index (Phi) is 6.83. The predicted molar refractivity (Wildman–Crippen MR) is 96.9 cm³/mol. The molecule has 0 radical (unpaired) electrons. The topological polar surface area (TPSA) is 49.4 Å². The van der Waals surface area contributed by atoms with Gasteiger partial charge in [-0.3, -0.25) is 9.59 Å². The van der Waals surface area contributed by atoms with E-state index in [0.29, 0.717) is 24.8 Å². The molecule has 2 rings (SSSR count). The van der Waals surface area contributed by atoms with E-state index in [1.807, 2.05) is 4.90 Å². The number of hydrogen-bond donors (Lipinski definition) is 1. The zero-order valence-corrected chi connectivity index (χ0v) is 15.2. The summed E-state index contributed by atoms with van der Waals surface area (Å²) in [5.74, 6) is 0.523. The van der Waals surface area contributed by atoms with Crippen LogP contribution in [-0.4, -0.2) is 35.8 Å². The molecule has 4 nitrogen and oxygen atoms in total. The Labute approximate surface area is 145 Å². The summed E-state index contributed by atoms with van der Waals surface area (Å²) in [6.45, 7) is 7.41. The Morgan fingerprint density at radius 2 is 2.17 bits per heavy atom. The van der Waals surface area contributed by atoms with Crippen LogP contribution in [0.4, 0.5) is 0 Å². The van der Waals surface area contributed by atoms with Crippen LogP contribution in [0.15, 0.2) is 24.3 Å². The van der Waals surface area contributed by atoms with E-state index in [2.05, 4.69) is 50.4 Å². The van der Waals surface area contributed by atoms with Crippen LogP contribution in [0.2, 0.25) is 0 Å². The van der Waals surface area contributed by atoms with E-state index in [1.165, 1.54) is 11.1 Å². The van der Waals surface area contributed by atoms with Crippen LogP contribution < -0.4 is 5.32 Å². The van der Waals surface area contributed by atoms with Crippen molar-refractivity contribution in [1.29, 1.82) is 0 Å². The van der Waals surface area contributed by atoms with Crippen LogP contribution in [0.5, 0.6) is 0 Å². The summed E-state index contributed by atoms with van der Waals surface area (Å²) in [6.07, 6.45) is 4.37. The molecule has 4 heteroatoms. The van der Waals surface area contributed by atoms with Crippen LogP contribution in [0.25, 0.3) is 0 Å². The lowest BCUT2D eigenvalue weighted by atomic mass is 9.96. The third kappa shape index (κ3) is 5.08. The van der Waals surface area contributed by atoms with Gasteiger partial charge in [0.05, 0.1) is 6.54 Å². The molecule has 132 valence electrons. The number of carbonyl (C=O) groups excluding carboxylic acids is 2. The third-order valence-corrected chi connectivity index (χ3v) is 5.08. The molecule has 1 fully saturated rings. The number of amides is 2. The van der Waals surface area contributed by atoms with Crippen molar-refractivity contribution >= 4 is 11.8 Å². The highest BCUT2D eigenvalue weighted by atomic mass is 16.2. The molecule has 24 heavy (non-hydrogen) atoms. The molecule has 1 N–H and O–H groups in total. The Morgan fingerprint density at radius 3 is 2.83 bits per heavy atom. The number of hydrogen-bond acceptors (Lipinski definition) is 2. The van der Waals surface area contributed by atoms with Gasteiger partial charge in [0.2, 0.25) is 11.8 Å². The molecule has 1 aliphatic rings. The summed E-state index contributed by atoms with van der Waals surface area (Å²) in [5, 5.41) is 2.77. The summed E-state index contributed by atoms with van der Waals surface area (Å²) in [4.78, 5) is 26.0. The van der Waals surface area contributed by atoms with Gasteiger partial charge in [0.25, 0.3) is 0 Å². The zero-order chi connectivity index (χ0) is 17.5. The van der Waals surface area contributed by atoms with E-state index in [-0.39, 0.29) is 18.4 Å². The van der Waals surface area contributed by atoms with Crippen LogP contribution >= 0.6 is 0 Å². The van der Waals surface area contributed by atoms with Crippen molar-refractivity contribution in [1.82, 2.24) is 10.2 Å². The lowest BCUT2D eigenvalue weighted by Gasteiger charge is -2.21. The second kappa shape index (κ2) is 8.86. The molecule has 2 unspecified atom stereocenters. The Hall–Kier alpha value is -1.84. The molecule has 1 aromatic rings. The monoisotopic (exact) mass is 330 g/mol. The summed E-state index contributed by atoms with van der Waals surface area (Å²) >= 11 is 0. The number of rotatable bonds is 7. The van der Waals surface area contributed by atoms with E-state index in [1.54, 1.807) is 0 Å². The first-order chi connectivity index (χ1) is 11.5. The van der Waals surface area contributed by atoms with Crippen LogP contribution in [0, 0.1) is 0 Å². The van der Waals surface area contributed by atoms with Crippen molar-refractivity contribution in [2.45, 2.75) is 64.8 Å². The molecular formula is C20H30N2O2. The van der Waals surface area contributed by atoms with Crippen LogP contribution in [0.1, 0.15) is 63.5 Å². The van der Waals surface area contributed by atoms with E-state index >= 15 is 0 Å². The number of aryl methyl sites for hydroxylation is 1. The van der Waals surface area contributed by atoms with Gasteiger partial charge in [-0.1, -0.05) is 38.1 Å².